The molecule has 34 heavy (non-hydrogen) atoms. The molecule has 6 rings (SSSR count). The maximum Gasteiger partial charge on any atom is 0.253 e. The highest BCUT2D eigenvalue weighted by Crippen LogP contribution is 2.33. The van der Waals surface area contributed by atoms with E-state index in [4.69, 9.17) is 4.98 Å². The van der Waals surface area contributed by atoms with Gasteiger partial charge in [0.15, 0.2) is 0 Å². The topological polar surface area (TPSA) is 89.8 Å². The third-order valence-electron chi connectivity index (χ3n) is 7.58. The molecule has 9 nitrogen and oxygen atoms in total. The van der Waals surface area contributed by atoms with E-state index in [0.717, 1.165) is 85.9 Å². The van der Waals surface area contributed by atoms with Crippen LogP contribution in [0.2, 0.25) is 0 Å². The fourth-order valence-electron chi connectivity index (χ4n) is 5.20. The van der Waals surface area contributed by atoms with Gasteiger partial charge in [-0.2, -0.15) is 0 Å². The van der Waals surface area contributed by atoms with Crippen molar-refractivity contribution in [1.29, 1.82) is 0 Å². The van der Waals surface area contributed by atoms with Gasteiger partial charge < -0.3 is 20.0 Å². The number of pyridine rings is 1. The van der Waals surface area contributed by atoms with Crippen molar-refractivity contribution in [2.24, 2.45) is 10.9 Å². The van der Waals surface area contributed by atoms with Gasteiger partial charge in [0.1, 0.15) is 17.7 Å². The second kappa shape index (κ2) is 8.94. The molecule has 4 aliphatic rings. The first kappa shape index (κ1) is 21.5. The highest BCUT2D eigenvalue weighted by atomic mass is 16.2. The summed E-state index contributed by atoms with van der Waals surface area (Å²) in [5.74, 6) is 2.02. The van der Waals surface area contributed by atoms with Gasteiger partial charge in [0, 0.05) is 57.3 Å². The highest BCUT2D eigenvalue weighted by Gasteiger charge is 2.31. The van der Waals surface area contributed by atoms with E-state index >= 15 is 0 Å². The number of amides is 1. The van der Waals surface area contributed by atoms with Crippen LogP contribution in [0.5, 0.6) is 0 Å². The molecule has 3 aliphatic heterocycles. The first-order valence-electron chi connectivity index (χ1n) is 12.5. The van der Waals surface area contributed by atoms with E-state index in [1.807, 2.05) is 17.3 Å². The quantitative estimate of drug-likeness (QED) is 0.744. The summed E-state index contributed by atoms with van der Waals surface area (Å²) in [5.41, 5.74) is 4.70. The van der Waals surface area contributed by atoms with Gasteiger partial charge in [0.2, 0.25) is 0 Å². The van der Waals surface area contributed by atoms with Crippen molar-refractivity contribution < 1.29 is 4.79 Å². The summed E-state index contributed by atoms with van der Waals surface area (Å²) in [6, 6.07) is 2.15. The molecule has 9 heteroatoms. The lowest BCUT2D eigenvalue weighted by Gasteiger charge is -2.34. The zero-order valence-corrected chi connectivity index (χ0v) is 19.8. The molecule has 1 saturated carbocycles. The standard InChI is InChI=1S/C25H32N8O/c1-31-8-10-32(11-9-31)20-12-21-23(26-15-20)22(30-16-29-21)17-4-6-33(7-5-17)25(34)19-13-27-24(28-14-19)18-2-3-18/h12-13,15-18H,2-11,14H2,1H3,(H,27,28). The Balaban J connectivity index is 1.11. The SMILES string of the molecule is CN1CCN(c2cnc3c(C4CCN(C(=O)C5=CNC(C6CC6)=NC5)CC4)ncnc3c2)CC1. The summed E-state index contributed by atoms with van der Waals surface area (Å²) >= 11 is 0. The number of piperazine rings is 1. The third kappa shape index (κ3) is 4.24. The Morgan fingerprint density at radius 2 is 1.76 bits per heavy atom. The molecule has 0 bridgehead atoms. The number of likely N-dealkylation sites (tertiary alicyclic amines) is 1. The number of hydrogen-bond donors (Lipinski definition) is 1. The van der Waals surface area contributed by atoms with Crippen LogP contribution in [0.3, 0.4) is 0 Å². The Kier molecular flexibility index (Phi) is 5.64. The normalized spacial score (nSPS) is 22.4. The maximum atomic E-state index is 13.0. The number of aliphatic imine (C=N–C) groups is 1. The van der Waals surface area contributed by atoms with Gasteiger partial charge in [-0.3, -0.25) is 14.8 Å². The average Bonchev–Trinajstić information content (AvgIpc) is 3.74. The van der Waals surface area contributed by atoms with Crippen LogP contribution in [0.1, 0.15) is 37.3 Å². The lowest BCUT2D eigenvalue weighted by molar-refractivity contribution is -0.128. The van der Waals surface area contributed by atoms with E-state index in [0.29, 0.717) is 12.5 Å². The van der Waals surface area contributed by atoms with Crippen molar-refractivity contribution in [2.45, 2.75) is 31.6 Å². The van der Waals surface area contributed by atoms with Crippen LogP contribution < -0.4 is 10.2 Å². The number of fused-ring (bicyclic) bond motifs is 1. The summed E-state index contributed by atoms with van der Waals surface area (Å²) in [7, 11) is 2.16. The van der Waals surface area contributed by atoms with Crippen LogP contribution in [-0.2, 0) is 4.79 Å². The van der Waals surface area contributed by atoms with Crippen LogP contribution >= 0.6 is 0 Å². The zero-order valence-electron chi connectivity index (χ0n) is 19.8. The first-order valence-corrected chi connectivity index (χ1v) is 12.5. The predicted octanol–water partition coefficient (Wildman–Crippen LogP) is 1.78. The molecular weight excluding hydrogens is 428 g/mol. The van der Waals surface area contributed by atoms with E-state index in [2.05, 4.69) is 43.2 Å². The van der Waals surface area contributed by atoms with Crippen LogP contribution in [0.15, 0.2) is 35.4 Å². The number of piperidine rings is 1. The highest BCUT2D eigenvalue weighted by molar-refractivity contribution is 5.97. The summed E-state index contributed by atoms with van der Waals surface area (Å²) < 4.78 is 0. The van der Waals surface area contributed by atoms with E-state index in [9.17, 15) is 4.79 Å². The molecule has 0 spiro atoms. The minimum absolute atomic E-state index is 0.104. The van der Waals surface area contributed by atoms with Crippen molar-refractivity contribution in [2.75, 3.05) is 57.8 Å². The lowest BCUT2D eigenvalue weighted by atomic mass is 9.92. The van der Waals surface area contributed by atoms with Crippen LogP contribution in [0.4, 0.5) is 5.69 Å². The Labute approximate surface area is 200 Å². The molecule has 1 aliphatic carbocycles. The Hall–Kier alpha value is -3.07. The number of likely N-dealkylation sites (N-methyl/N-ethyl adjacent to an activating group) is 1. The molecule has 2 aromatic heterocycles. The molecule has 0 radical (unpaired) electrons. The van der Waals surface area contributed by atoms with Gasteiger partial charge in [-0.25, -0.2) is 9.97 Å². The maximum absolute atomic E-state index is 13.0. The lowest BCUT2D eigenvalue weighted by Crippen LogP contribution is -2.44. The monoisotopic (exact) mass is 460 g/mol. The molecule has 1 N–H and O–H groups in total. The second-order valence-electron chi connectivity index (χ2n) is 9.97. The minimum atomic E-state index is 0.104. The van der Waals surface area contributed by atoms with Gasteiger partial charge >= 0.3 is 0 Å². The average molecular weight is 461 g/mol. The van der Waals surface area contributed by atoms with Crippen LogP contribution in [-0.4, -0.2) is 89.4 Å². The smallest absolute Gasteiger partial charge is 0.253 e. The molecular formula is C25H32N8O. The number of nitrogens with zero attached hydrogens (tertiary/aromatic N) is 7. The first-order chi connectivity index (χ1) is 16.7. The van der Waals surface area contributed by atoms with Gasteiger partial charge in [-0.05, 0) is 38.8 Å². The van der Waals surface area contributed by atoms with Crippen LogP contribution in [0, 0.1) is 5.92 Å². The van der Waals surface area contributed by atoms with Crippen molar-refractivity contribution in [3.05, 3.63) is 36.1 Å². The fourth-order valence-corrected chi connectivity index (χ4v) is 5.20. The summed E-state index contributed by atoms with van der Waals surface area (Å²) in [6.07, 6.45) is 9.69. The molecule has 0 unspecified atom stereocenters. The number of aromatic nitrogens is 3. The Bertz CT molecular complexity index is 1140. The Morgan fingerprint density at radius 1 is 0.971 bits per heavy atom. The van der Waals surface area contributed by atoms with Crippen molar-refractivity contribution >= 4 is 28.5 Å². The molecule has 2 saturated heterocycles. The molecule has 0 atom stereocenters. The number of rotatable bonds is 4. The van der Waals surface area contributed by atoms with Gasteiger partial charge in [0.25, 0.3) is 5.91 Å². The summed E-state index contributed by atoms with van der Waals surface area (Å²) in [4.78, 5) is 38.3. The predicted molar refractivity (Wildman–Crippen MR) is 132 cm³/mol. The summed E-state index contributed by atoms with van der Waals surface area (Å²) in [6.45, 7) is 6.08. The second-order valence-corrected chi connectivity index (χ2v) is 9.97. The number of carbonyl (C=O) groups excluding carboxylic acids is 1. The number of amidine groups is 1. The molecule has 2 aromatic rings. The van der Waals surface area contributed by atoms with Gasteiger partial charge in [-0.15, -0.1) is 0 Å². The fraction of sp³-hybridized carbons (Fsp3) is 0.560. The zero-order chi connectivity index (χ0) is 23.1. The number of nitrogens with one attached hydrogen (secondary N) is 1. The van der Waals surface area contributed by atoms with E-state index in [1.54, 1.807) is 6.33 Å². The number of carbonyl (C=O) groups is 1. The van der Waals surface area contributed by atoms with Crippen molar-refractivity contribution in [3.63, 3.8) is 0 Å². The molecule has 0 aromatic carbocycles. The van der Waals surface area contributed by atoms with E-state index in [1.165, 1.54) is 12.8 Å². The number of hydrogen-bond acceptors (Lipinski definition) is 8. The third-order valence-corrected chi connectivity index (χ3v) is 7.58. The molecule has 1 amide bonds. The minimum Gasteiger partial charge on any atom is -0.368 e. The van der Waals surface area contributed by atoms with Gasteiger partial charge in [-0.1, -0.05) is 0 Å². The Morgan fingerprint density at radius 3 is 2.47 bits per heavy atom. The van der Waals surface area contributed by atoms with E-state index < -0.39 is 0 Å². The van der Waals surface area contributed by atoms with Crippen LogP contribution in [0.25, 0.3) is 11.0 Å². The molecule has 3 fully saturated rings. The summed E-state index contributed by atoms with van der Waals surface area (Å²) in [5, 5.41) is 3.25. The van der Waals surface area contributed by atoms with E-state index in [-0.39, 0.29) is 11.8 Å². The molecule has 178 valence electrons. The largest absolute Gasteiger partial charge is 0.368 e. The van der Waals surface area contributed by atoms with Gasteiger partial charge in [0.05, 0.1) is 35.2 Å². The van der Waals surface area contributed by atoms with Crippen molar-refractivity contribution in [1.82, 2.24) is 30.1 Å². The molecule has 5 heterocycles. The number of anilines is 1. The van der Waals surface area contributed by atoms with Crippen molar-refractivity contribution in [3.8, 4) is 0 Å².